The van der Waals surface area contributed by atoms with Gasteiger partial charge in [0.25, 0.3) is 0 Å². The van der Waals surface area contributed by atoms with Crippen molar-refractivity contribution in [2.24, 2.45) is 0 Å². The second-order valence-electron chi connectivity index (χ2n) is 5.81. The van der Waals surface area contributed by atoms with Gasteiger partial charge in [0.2, 0.25) is 5.60 Å². The van der Waals surface area contributed by atoms with Crippen LogP contribution >= 0.6 is 0 Å². The Balaban J connectivity index is 2.01. The van der Waals surface area contributed by atoms with Crippen molar-refractivity contribution in [2.45, 2.75) is 11.7 Å². The van der Waals surface area contributed by atoms with Crippen LogP contribution in [0, 0.1) is 23.7 Å². The lowest BCUT2D eigenvalue weighted by atomic mass is 9.91. The quantitative estimate of drug-likeness (QED) is 0.702. The Morgan fingerprint density at radius 3 is 1.42 bits per heavy atom. The first kappa shape index (κ1) is 17.5. The minimum Gasteiger partial charge on any atom is -0.383 e. The highest BCUT2D eigenvalue weighted by molar-refractivity contribution is 5.45. The smallest absolute Gasteiger partial charge is 0.218 e. The van der Waals surface area contributed by atoms with E-state index >= 15 is 0 Å². The molecule has 1 atom stereocenters. The lowest BCUT2D eigenvalue weighted by molar-refractivity contribution is 0.00698. The van der Waals surface area contributed by atoms with Crippen LogP contribution in [0.15, 0.2) is 91.0 Å². The van der Waals surface area contributed by atoms with Gasteiger partial charge >= 0.3 is 0 Å². The Labute approximate surface area is 153 Å². The van der Waals surface area contributed by atoms with Crippen LogP contribution < -0.4 is 0 Å². The number of aliphatic hydroxyl groups is 2. The molecule has 26 heavy (non-hydrogen) atoms. The Hall–Kier alpha value is -3.30. The van der Waals surface area contributed by atoms with Gasteiger partial charge in [0.15, 0.2) is 0 Å². The highest BCUT2D eigenvalue weighted by Gasteiger charge is 2.33. The maximum atomic E-state index is 11.1. The fourth-order valence-corrected chi connectivity index (χ4v) is 2.42. The van der Waals surface area contributed by atoms with Crippen molar-refractivity contribution in [3.05, 3.63) is 108 Å². The van der Waals surface area contributed by atoms with Gasteiger partial charge in [-0.15, -0.1) is 0 Å². The molecule has 0 radical (unpaired) electrons. The largest absolute Gasteiger partial charge is 0.383 e. The third-order valence-electron chi connectivity index (χ3n) is 3.85. The van der Waals surface area contributed by atoms with Crippen molar-refractivity contribution in [3.63, 3.8) is 0 Å². The zero-order chi connectivity index (χ0) is 18.2. The minimum atomic E-state index is -1.90. The molecule has 0 aromatic heterocycles. The van der Waals surface area contributed by atoms with Gasteiger partial charge in [-0.25, -0.2) is 0 Å². The summed E-state index contributed by atoms with van der Waals surface area (Å²) in [4.78, 5) is 0. The van der Waals surface area contributed by atoms with E-state index in [9.17, 15) is 10.2 Å². The van der Waals surface area contributed by atoms with E-state index in [4.69, 9.17) is 0 Å². The van der Waals surface area contributed by atoms with Gasteiger partial charge in [-0.2, -0.15) is 0 Å². The molecular weight excluding hydrogens is 320 g/mol. The molecule has 0 aliphatic heterocycles. The second-order valence-corrected chi connectivity index (χ2v) is 5.81. The Morgan fingerprint density at radius 1 is 0.615 bits per heavy atom. The van der Waals surface area contributed by atoms with Crippen LogP contribution in [0.2, 0.25) is 0 Å². The molecule has 0 saturated carbocycles. The lowest BCUT2D eigenvalue weighted by Gasteiger charge is -2.23. The van der Waals surface area contributed by atoms with Gasteiger partial charge in [-0.1, -0.05) is 78.6 Å². The molecule has 3 rings (SSSR count). The van der Waals surface area contributed by atoms with Crippen LogP contribution in [0.5, 0.6) is 0 Å². The molecule has 0 bridgehead atoms. The van der Waals surface area contributed by atoms with Crippen molar-refractivity contribution in [1.82, 2.24) is 0 Å². The van der Waals surface area contributed by atoms with E-state index in [1.165, 1.54) is 0 Å². The van der Waals surface area contributed by atoms with Crippen molar-refractivity contribution < 1.29 is 10.2 Å². The number of hydrogen-bond acceptors (Lipinski definition) is 2. The molecule has 3 aromatic rings. The molecule has 0 fully saturated rings. The van der Waals surface area contributed by atoms with E-state index in [0.717, 1.165) is 11.1 Å². The van der Waals surface area contributed by atoms with E-state index in [0.29, 0.717) is 5.56 Å². The summed E-state index contributed by atoms with van der Waals surface area (Å²) >= 11 is 0. The van der Waals surface area contributed by atoms with Crippen LogP contribution in [0.1, 0.15) is 22.8 Å². The summed E-state index contributed by atoms with van der Waals surface area (Å²) in [6, 6.07) is 27.5. The normalized spacial score (nSPS) is 11.5. The molecule has 0 aliphatic rings. The van der Waals surface area contributed by atoms with Crippen molar-refractivity contribution in [2.75, 3.05) is 0 Å². The average molecular weight is 338 g/mol. The monoisotopic (exact) mass is 338 g/mol. The molecule has 0 spiro atoms. The standard InChI is InChI=1S/C24H18O2/c25-23(22-14-8-3-9-15-22)24(26,18-16-20-10-4-1-5-11-20)19-17-21-12-6-2-7-13-21/h1-15,23,25-26H. The predicted octanol–water partition coefficient (Wildman–Crippen LogP) is 3.55. The van der Waals surface area contributed by atoms with Gasteiger partial charge < -0.3 is 10.2 Å². The molecule has 0 saturated heterocycles. The first-order chi connectivity index (χ1) is 12.7. The van der Waals surface area contributed by atoms with Crippen LogP contribution in [0.4, 0.5) is 0 Å². The molecule has 2 heteroatoms. The minimum absolute atomic E-state index is 0.555. The van der Waals surface area contributed by atoms with Crippen LogP contribution in [0.3, 0.4) is 0 Å². The maximum absolute atomic E-state index is 11.1. The fraction of sp³-hybridized carbons (Fsp3) is 0.0833. The van der Waals surface area contributed by atoms with Crippen LogP contribution in [-0.2, 0) is 0 Å². The van der Waals surface area contributed by atoms with Crippen molar-refractivity contribution in [1.29, 1.82) is 0 Å². The number of rotatable bonds is 2. The third-order valence-corrected chi connectivity index (χ3v) is 3.85. The van der Waals surface area contributed by atoms with Crippen LogP contribution in [0.25, 0.3) is 0 Å². The summed E-state index contributed by atoms with van der Waals surface area (Å²) in [5, 5.41) is 21.8. The van der Waals surface area contributed by atoms with E-state index in [1.807, 2.05) is 66.7 Å². The van der Waals surface area contributed by atoms with Gasteiger partial charge in [0, 0.05) is 11.1 Å². The summed E-state index contributed by atoms with van der Waals surface area (Å²) in [6.45, 7) is 0. The van der Waals surface area contributed by atoms with E-state index < -0.39 is 11.7 Å². The average Bonchev–Trinajstić information content (AvgIpc) is 2.72. The summed E-state index contributed by atoms with van der Waals surface area (Å²) in [5.41, 5.74) is 0.146. The highest BCUT2D eigenvalue weighted by atomic mass is 16.3. The summed E-state index contributed by atoms with van der Waals surface area (Å²) in [7, 11) is 0. The molecule has 1 unspecified atom stereocenters. The predicted molar refractivity (Wildman–Crippen MR) is 103 cm³/mol. The zero-order valence-electron chi connectivity index (χ0n) is 14.1. The third kappa shape index (κ3) is 4.41. The molecule has 3 aromatic carbocycles. The van der Waals surface area contributed by atoms with E-state index in [1.54, 1.807) is 24.3 Å². The zero-order valence-corrected chi connectivity index (χ0v) is 14.1. The first-order valence-corrected chi connectivity index (χ1v) is 8.29. The molecule has 0 heterocycles. The SMILES string of the molecule is OC(c1ccccc1)C(O)(C#Cc1ccccc1)C#Cc1ccccc1. The Bertz CT molecular complexity index is 898. The second kappa shape index (κ2) is 8.19. The molecule has 0 aliphatic carbocycles. The highest BCUT2D eigenvalue weighted by Crippen LogP contribution is 2.25. The van der Waals surface area contributed by atoms with E-state index in [2.05, 4.69) is 23.7 Å². The molecular formula is C24H18O2. The molecule has 2 nitrogen and oxygen atoms in total. The van der Waals surface area contributed by atoms with Crippen molar-refractivity contribution in [3.8, 4) is 23.7 Å². The Kier molecular flexibility index (Phi) is 5.52. The number of benzene rings is 3. The number of hydrogen-bond donors (Lipinski definition) is 2. The molecule has 126 valence electrons. The number of aliphatic hydroxyl groups excluding tert-OH is 1. The van der Waals surface area contributed by atoms with Crippen LogP contribution in [-0.4, -0.2) is 15.8 Å². The van der Waals surface area contributed by atoms with Gasteiger partial charge in [0.05, 0.1) is 0 Å². The topological polar surface area (TPSA) is 40.5 Å². The fourth-order valence-electron chi connectivity index (χ4n) is 2.42. The summed E-state index contributed by atoms with van der Waals surface area (Å²) in [5.74, 6) is 11.3. The molecule has 0 amide bonds. The van der Waals surface area contributed by atoms with Gasteiger partial charge in [0.1, 0.15) is 6.10 Å². The Morgan fingerprint density at radius 2 is 1.00 bits per heavy atom. The van der Waals surface area contributed by atoms with E-state index in [-0.39, 0.29) is 0 Å². The van der Waals surface area contributed by atoms with Gasteiger partial charge in [-0.3, -0.25) is 0 Å². The molecule has 2 N–H and O–H groups in total. The van der Waals surface area contributed by atoms with Crippen molar-refractivity contribution >= 4 is 0 Å². The van der Waals surface area contributed by atoms with Gasteiger partial charge in [-0.05, 0) is 41.7 Å². The lowest BCUT2D eigenvalue weighted by Crippen LogP contribution is -2.33. The maximum Gasteiger partial charge on any atom is 0.218 e. The summed E-state index contributed by atoms with van der Waals surface area (Å²) in [6.07, 6.45) is -1.25. The first-order valence-electron chi connectivity index (χ1n) is 8.29. The summed E-state index contributed by atoms with van der Waals surface area (Å²) < 4.78 is 0.